The molecule has 1 aromatic carbocycles. The van der Waals surface area contributed by atoms with Crippen LogP contribution in [0.2, 0.25) is 0 Å². The van der Waals surface area contributed by atoms with Gasteiger partial charge in [0, 0.05) is 31.8 Å². The molecule has 3 N–H and O–H groups in total. The Bertz CT molecular complexity index is 686. The van der Waals surface area contributed by atoms with Gasteiger partial charge >= 0.3 is 0 Å². The Balaban J connectivity index is 2.60. The van der Waals surface area contributed by atoms with Gasteiger partial charge in [-0.05, 0) is 5.56 Å². The van der Waals surface area contributed by atoms with Crippen molar-refractivity contribution in [3.63, 3.8) is 0 Å². The van der Waals surface area contributed by atoms with Crippen molar-refractivity contribution in [3.05, 3.63) is 52.6 Å². The van der Waals surface area contributed by atoms with Gasteiger partial charge in [0.15, 0.2) is 5.96 Å². The molecule has 0 atom stereocenters. The van der Waals surface area contributed by atoms with E-state index < -0.39 is 14.9 Å². The van der Waals surface area contributed by atoms with E-state index in [9.17, 15) is 18.5 Å². The molecule has 0 fully saturated rings. The van der Waals surface area contributed by atoms with Crippen molar-refractivity contribution < 1.29 is 13.3 Å². The normalized spacial score (nSPS) is 11.8. The van der Waals surface area contributed by atoms with Gasteiger partial charge in [-0.15, -0.1) is 6.58 Å². The number of hydrogen-bond acceptors (Lipinski definition) is 5. The summed E-state index contributed by atoms with van der Waals surface area (Å²) in [7, 11) is -3.23. The summed E-state index contributed by atoms with van der Waals surface area (Å²) in [5.74, 6) is 0.489. The summed E-state index contributed by atoms with van der Waals surface area (Å²) in [5, 5.41) is 16.6. The maximum Gasteiger partial charge on any atom is 0.269 e. The van der Waals surface area contributed by atoms with Crippen LogP contribution < -0.4 is 15.4 Å². The molecule has 1 aromatic rings. The second-order valence-corrected chi connectivity index (χ2v) is 6.68. The van der Waals surface area contributed by atoms with Gasteiger partial charge in [-0.25, -0.2) is 18.1 Å². The Morgan fingerprint density at radius 3 is 2.50 bits per heavy atom. The third-order valence-corrected chi connectivity index (χ3v) is 3.49. The topological polar surface area (TPSA) is 126 Å². The molecule has 10 heteroatoms. The van der Waals surface area contributed by atoms with Crippen LogP contribution >= 0.6 is 0 Å². The van der Waals surface area contributed by atoms with Crippen molar-refractivity contribution >= 4 is 21.7 Å². The summed E-state index contributed by atoms with van der Waals surface area (Å²) >= 11 is 0. The van der Waals surface area contributed by atoms with E-state index in [2.05, 4.69) is 26.9 Å². The number of non-ortho nitro benzene ring substituents is 1. The van der Waals surface area contributed by atoms with Crippen LogP contribution in [0.3, 0.4) is 0 Å². The number of nitro benzene ring substituents is 1. The van der Waals surface area contributed by atoms with Gasteiger partial charge in [-0.3, -0.25) is 10.1 Å². The van der Waals surface area contributed by atoms with Crippen molar-refractivity contribution in [1.82, 2.24) is 15.4 Å². The first kappa shape index (κ1) is 19.6. The third kappa shape index (κ3) is 8.25. The van der Waals surface area contributed by atoms with E-state index in [0.717, 1.165) is 11.8 Å². The van der Waals surface area contributed by atoms with E-state index in [1.165, 1.54) is 12.1 Å². The molecule has 0 aliphatic heterocycles. The quantitative estimate of drug-likeness (QED) is 0.147. The van der Waals surface area contributed by atoms with E-state index in [1.807, 2.05) is 0 Å². The summed E-state index contributed by atoms with van der Waals surface area (Å²) < 4.78 is 24.3. The predicted octanol–water partition coefficient (Wildman–Crippen LogP) is 0.365. The first-order valence-corrected chi connectivity index (χ1v) is 9.02. The van der Waals surface area contributed by atoms with Crippen molar-refractivity contribution in [2.24, 2.45) is 4.99 Å². The van der Waals surface area contributed by atoms with Gasteiger partial charge in [0.25, 0.3) is 5.69 Å². The zero-order chi connectivity index (χ0) is 18.0. The van der Waals surface area contributed by atoms with Crippen LogP contribution in [0.15, 0.2) is 41.9 Å². The second kappa shape index (κ2) is 9.63. The van der Waals surface area contributed by atoms with Gasteiger partial charge in [-0.2, -0.15) is 0 Å². The van der Waals surface area contributed by atoms with Crippen LogP contribution in [0.1, 0.15) is 5.56 Å². The molecule has 0 unspecified atom stereocenters. The van der Waals surface area contributed by atoms with Crippen molar-refractivity contribution in [3.8, 4) is 0 Å². The highest BCUT2D eigenvalue weighted by Gasteiger charge is 2.04. The Morgan fingerprint density at radius 2 is 1.96 bits per heavy atom. The van der Waals surface area contributed by atoms with Crippen LogP contribution in [-0.2, 0) is 16.6 Å². The van der Waals surface area contributed by atoms with Gasteiger partial charge in [0.05, 0.1) is 17.7 Å². The molecule has 0 aliphatic carbocycles. The number of hydrogen-bond donors (Lipinski definition) is 3. The van der Waals surface area contributed by atoms with Gasteiger partial charge in [0.2, 0.25) is 10.0 Å². The molecule has 1 rings (SSSR count). The SMILES string of the molecule is C=CCNC(=NCc1ccc([N+](=O)[O-])cc1)NCCNS(C)(=O)=O. The number of sulfonamides is 1. The number of nitro groups is 1. The highest BCUT2D eigenvalue weighted by molar-refractivity contribution is 7.88. The lowest BCUT2D eigenvalue weighted by atomic mass is 10.2. The number of guanidine groups is 1. The maximum atomic E-state index is 11.0. The van der Waals surface area contributed by atoms with Gasteiger partial charge in [-0.1, -0.05) is 18.2 Å². The largest absolute Gasteiger partial charge is 0.355 e. The monoisotopic (exact) mass is 355 g/mol. The zero-order valence-corrected chi connectivity index (χ0v) is 14.2. The molecule has 0 heterocycles. The number of benzene rings is 1. The summed E-state index contributed by atoms with van der Waals surface area (Å²) in [6.45, 7) is 5.00. The minimum Gasteiger partial charge on any atom is -0.355 e. The van der Waals surface area contributed by atoms with Crippen LogP contribution in [0.25, 0.3) is 0 Å². The molecular formula is C14H21N5O4S. The maximum absolute atomic E-state index is 11.0. The summed E-state index contributed by atoms with van der Waals surface area (Å²) in [6, 6.07) is 6.12. The van der Waals surface area contributed by atoms with Crippen molar-refractivity contribution in [2.75, 3.05) is 25.9 Å². The summed E-state index contributed by atoms with van der Waals surface area (Å²) in [5.41, 5.74) is 0.840. The van der Waals surface area contributed by atoms with Crippen molar-refractivity contribution in [1.29, 1.82) is 0 Å². The van der Waals surface area contributed by atoms with Crippen LogP contribution in [0.5, 0.6) is 0 Å². The zero-order valence-electron chi connectivity index (χ0n) is 13.4. The standard InChI is InChI=1S/C14H21N5O4S/c1-3-8-15-14(16-9-10-18-24(2,22)23)17-11-12-4-6-13(7-5-12)19(20)21/h3-7,18H,1,8-11H2,2H3,(H2,15,16,17). The molecule has 0 saturated carbocycles. The van der Waals surface area contributed by atoms with E-state index in [1.54, 1.807) is 18.2 Å². The van der Waals surface area contributed by atoms with E-state index >= 15 is 0 Å². The second-order valence-electron chi connectivity index (χ2n) is 4.85. The number of nitrogens with zero attached hydrogens (tertiary/aromatic N) is 2. The fraction of sp³-hybridized carbons (Fsp3) is 0.357. The van der Waals surface area contributed by atoms with Crippen LogP contribution in [0, 0.1) is 10.1 Å². The molecule has 132 valence electrons. The fourth-order valence-electron chi connectivity index (χ4n) is 1.65. The summed E-state index contributed by atoms with van der Waals surface area (Å²) in [6.07, 6.45) is 2.75. The Hall–Kier alpha value is -2.46. The molecule has 24 heavy (non-hydrogen) atoms. The molecule has 0 bridgehead atoms. The highest BCUT2D eigenvalue weighted by Crippen LogP contribution is 2.12. The molecule has 0 aromatic heterocycles. The highest BCUT2D eigenvalue weighted by atomic mass is 32.2. The molecule has 0 saturated heterocycles. The lowest BCUT2D eigenvalue weighted by Gasteiger charge is -2.11. The minimum atomic E-state index is -3.23. The van der Waals surface area contributed by atoms with Crippen molar-refractivity contribution in [2.45, 2.75) is 6.54 Å². The van der Waals surface area contributed by atoms with E-state index in [0.29, 0.717) is 25.6 Å². The van der Waals surface area contributed by atoms with Gasteiger partial charge < -0.3 is 10.6 Å². The Morgan fingerprint density at radius 1 is 1.29 bits per heavy atom. The lowest BCUT2D eigenvalue weighted by Crippen LogP contribution is -2.41. The average molecular weight is 355 g/mol. The third-order valence-electron chi connectivity index (χ3n) is 2.76. The predicted molar refractivity (Wildman–Crippen MR) is 93.3 cm³/mol. The molecule has 0 amide bonds. The van der Waals surface area contributed by atoms with E-state index in [-0.39, 0.29) is 12.2 Å². The van der Waals surface area contributed by atoms with Crippen LogP contribution in [0.4, 0.5) is 5.69 Å². The minimum absolute atomic E-state index is 0.0257. The number of aliphatic imine (C=N–C) groups is 1. The average Bonchev–Trinajstić information content (AvgIpc) is 2.52. The molecular weight excluding hydrogens is 334 g/mol. The molecule has 9 nitrogen and oxygen atoms in total. The first-order chi connectivity index (χ1) is 11.3. The molecule has 0 spiro atoms. The Kier molecular flexibility index (Phi) is 7.86. The molecule has 0 aliphatic rings. The molecule has 0 radical (unpaired) electrons. The lowest BCUT2D eigenvalue weighted by molar-refractivity contribution is -0.384. The van der Waals surface area contributed by atoms with E-state index in [4.69, 9.17) is 0 Å². The van der Waals surface area contributed by atoms with Crippen LogP contribution in [-0.4, -0.2) is 45.2 Å². The smallest absolute Gasteiger partial charge is 0.269 e. The first-order valence-electron chi connectivity index (χ1n) is 7.13. The van der Waals surface area contributed by atoms with Gasteiger partial charge in [0.1, 0.15) is 0 Å². The number of nitrogens with one attached hydrogen (secondary N) is 3. The number of rotatable bonds is 9. The Labute approximate surface area is 141 Å². The fourth-order valence-corrected chi connectivity index (χ4v) is 2.13. The summed E-state index contributed by atoms with van der Waals surface area (Å²) in [4.78, 5) is 14.5.